The van der Waals surface area contributed by atoms with Crippen LogP contribution in [0, 0.1) is 0 Å². The second-order valence-electron chi connectivity index (χ2n) is 5.17. The summed E-state index contributed by atoms with van der Waals surface area (Å²) in [5, 5.41) is 10.7. The van der Waals surface area contributed by atoms with Crippen molar-refractivity contribution in [2.24, 2.45) is 0 Å². The molecule has 0 saturated heterocycles. The molecule has 108 valence electrons. The SMILES string of the molecule is COc1ccc(CC2(O)COc3ccccc3C2=O)cc1. The van der Waals surface area contributed by atoms with Gasteiger partial charge in [-0.05, 0) is 29.8 Å². The summed E-state index contributed by atoms with van der Waals surface area (Å²) in [6, 6.07) is 14.3. The van der Waals surface area contributed by atoms with E-state index in [9.17, 15) is 9.90 Å². The molecule has 21 heavy (non-hydrogen) atoms. The molecule has 4 heteroatoms. The lowest BCUT2D eigenvalue weighted by Gasteiger charge is -2.32. The fourth-order valence-corrected chi connectivity index (χ4v) is 2.51. The second-order valence-corrected chi connectivity index (χ2v) is 5.17. The molecule has 1 heterocycles. The third-order valence-corrected chi connectivity index (χ3v) is 3.68. The number of methoxy groups -OCH3 is 1. The maximum absolute atomic E-state index is 12.5. The molecule has 1 aliphatic heterocycles. The van der Waals surface area contributed by atoms with Crippen molar-refractivity contribution in [3.05, 3.63) is 59.7 Å². The average molecular weight is 284 g/mol. The number of ether oxygens (including phenoxy) is 2. The molecule has 0 amide bonds. The molecular weight excluding hydrogens is 268 g/mol. The van der Waals surface area contributed by atoms with E-state index in [1.54, 1.807) is 43.5 Å². The molecule has 0 aromatic heterocycles. The first-order valence-corrected chi connectivity index (χ1v) is 6.74. The number of rotatable bonds is 3. The summed E-state index contributed by atoms with van der Waals surface area (Å²) in [4.78, 5) is 12.5. The number of carbonyl (C=O) groups is 1. The predicted molar refractivity (Wildman–Crippen MR) is 77.9 cm³/mol. The van der Waals surface area contributed by atoms with Gasteiger partial charge in [0, 0.05) is 6.42 Å². The van der Waals surface area contributed by atoms with Gasteiger partial charge in [-0.25, -0.2) is 0 Å². The summed E-state index contributed by atoms with van der Waals surface area (Å²) in [6.45, 7) is -0.0329. The first-order chi connectivity index (χ1) is 10.1. The van der Waals surface area contributed by atoms with Crippen LogP contribution in [-0.4, -0.2) is 30.2 Å². The van der Waals surface area contributed by atoms with Crippen molar-refractivity contribution in [1.82, 2.24) is 0 Å². The van der Waals surface area contributed by atoms with Crippen LogP contribution in [0.2, 0.25) is 0 Å². The summed E-state index contributed by atoms with van der Waals surface area (Å²) in [7, 11) is 1.60. The van der Waals surface area contributed by atoms with Gasteiger partial charge >= 0.3 is 0 Å². The van der Waals surface area contributed by atoms with E-state index in [4.69, 9.17) is 9.47 Å². The number of para-hydroxylation sites is 1. The van der Waals surface area contributed by atoms with Gasteiger partial charge in [0.05, 0.1) is 12.7 Å². The normalized spacial score (nSPS) is 20.6. The van der Waals surface area contributed by atoms with Crippen molar-refractivity contribution in [3.63, 3.8) is 0 Å². The highest BCUT2D eigenvalue weighted by molar-refractivity contribution is 6.05. The minimum absolute atomic E-state index is 0.0329. The van der Waals surface area contributed by atoms with Crippen LogP contribution in [0.1, 0.15) is 15.9 Å². The zero-order valence-electron chi connectivity index (χ0n) is 11.7. The monoisotopic (exact) mass is 284 g/mol. The molecule has 4 nitrogen and oxygen atoms in total. The van der Waals surface area contributed by atoms with Crippen molar-refractivity contribution in [3.8, 4) is 11.5 Å². The van der Waals surface area contributed by atoms with Gasteiger partial charge in [-0.15, -0.1) is 0 Å². The lowest BCUT2D eigenvalue weighted by atomic mass is 9.85. The highest BCUT2D eigenvalue weighted by Crippen LogP contribution is 2.31. The summed E-state index contributed by atoms with van der Waals surface area (Å²) in [6.07, 6.45) is 0.212. The van der Waals surface area contributed by atoms with E-state index in [1.165, 1.54) is 0 Å². The van der Waals surface area contributed by atoms with Crippen LogP contribution in [0.15, 0.2) is 48.5 Å². The number of carbonyl (C=O) groups excluding carboxylic acids is 1. The first-order valence-electron chi connectivity index (χ1n) is 6.74. The molecule has 2 aromatic rings. The Morgan fingerprint density at radius 1 is 1.19 bits per heavy atom. The first kappa shape index (κ1) is 13.6. The Morgan fingerprint density at radius 2 is 1.90 bits per heavy atom. The molecule has 0 saturated carbocycles. The number of benzene rings is 2. The molecule has 0 aliphatic carbocycles. The fraction of sp³-hybridized carbons (Fsp3) is 0.235. The van der Waals surface area contributed by atoms with Crippen LogP contribution < -0.4 is 9.47 Å². The second kappa shape index (κ2) is 5.22. The van der Waals surface area contributed by atoms with Gasteiger partial charge in [-0.3, -0.25) is 4.79 Å². The Labute approximate surface area is 122 Å². The van der Waals surface area contributed by atoms with Gasteiger partial charge in [0.25, 0.3) is 0 Å². The van der Waals surface area contributed by atoms with Gasteiger partial charge in [0.15, 0.2) is 5.60 Å². The number of hydrogen-bond donors (Lipinski definition) is 1. The lowest BCUT2D eigenvalue weighted by molar-refractivity contribution is -0.00193. The van der Waals surface area contributed by atoms with Gasteiger partial charge in [0.1, 0.15) is 18.1 Å². The number of fused-ring (bicyclic) bond motifs is 1. The van der Waals surface area contributed by atoms with E-state index in [1.807, 2.05) is 12.1 Å². The summed E-state index contributed by atoms with van der Waals surface area (Å²) in [5.74, 6) is 0.976. The third-order valence-electron chi connectivity index (χ3n) is 3.68. The van der Waals surface area contributed by atoms with Crippen LogP contribution in [-0.2, 0) is 6.42 Å². The van der Waals surface area contributed by atoms with Gasteiger partial charge in [0.2, 0.25) is 5.78 Å². The van der Waals surface area contributed by atoms with E-state index >= 15 is 0 Å². The van der Waals surface area contributed by atoms with Crippen LogP contribution >= 0.6 is 0 Å². The Morgan fingerprint density at radius 3 is 2.62 bits per heavy atom. The minimum atomic E-state index is -1.52. The van der Waals surface area contributed by atoms with Gasteiger partial charge in [-0.2, -0.15) is 0 Å². The van der Waals surface area contributed by atoms with E-state index in [2.05, 4.69) is 0 Å². The third kappa shape index (κ3) is 2.50. The van der Waals surface area contributed by atoms with Crippen molar-refractivity contribution in [2.45, 2.75) is 12.0 Å². The largest absolute Gasteiger partial charge is 0.497 e. The molecule has 1 atom stereocenters. The standard InChI is InChI=1S/C17H16O4/c1-20-13-8-6-12(7-9-13)10-17(19)11-21-15-5-3-2-4-14(15)16(17)18/h2-9,19H,10-11H2,1H3. The van der Waals surface area contributed by atoms with Crippen LogP contribution in [0.5, 0.6) is 11.5 Å². The molecule has 0 radical (unpaired) electrons. The number of hydrogen-bond acceptors (Lipinski definition) is 4. The van der Waals surface area contributed by atoms with E-state index < -0.39 is 5.60 Å². The Kier molecular flexibility index (Phi) is 3.39. The Bertz CT molecular complexity index is 663. The summed E-state index contributed by atoms with van der Waals surface area (Å²) in [5.41, 5.74) is -0.238. The highest BCUT2D eigenvalue weighted by Gasteiger charge is 2.42. The molecule has 1 aliphatic rings. The van der Waals surface area contributed by atoms with Gasteiger partial charge in [-0.1, -0.05) is 24.3 Å². The smallest absolute Gasteiger partial charge is 0.201 e. The Hall–Kier alpha value is -2.33. The summed E-state index contributed by atoms with van der Waals surface area (Å²) < 4.78 is 10.6. The number of ketones is 1. The average Bonchev–Trinajstić information content (AvgIpc) is 2.52. The molecular formula is C17H16O4. The molecule has 1 unspecified atom stereocenters. The van der Waals surface area contributed by atoms with Crippen molar-refractivity contribution in [2.75, 3.05) is 13.7 Å². The van der Waals surface area contributed by atoms with Crippen LogP contribution in [0.25, 0.3) is 0 Å². The maximum atomic E-state index is 12.5. The summed E-state index contributed by atoms with van der Waals surface area (Å²) >= 11 is 0. The molecule has 2 aromatic carbocycles. The van der Waals surface area contributed by atoms with Gasteiger partial charge < -0.3 is 14.6 Å². The minimum Gasteiger partial charge on any atom is -0.497 e. The number of aliphatic hydroxyl groups is 1. The van der Waals surface area contributed by atoms with Crippen molar-refractivity contribution >= 4 is 5.78 Å². The molecule has 0 bridgehead atoms. The maximum Gasteiger partial charge on any atom is 0.201 e. The number of Topliss-reactive ketones (excluding diaryl/α,β-unsaturated/α-hetero) is 1. The molecule has 1 N–H and O–H groups in total. The quantitative estimate of drug-likeness (QED) is 0.939. The van der Waals surface area contributed by atoms with Crippen LogP contribution in [0.4, 0.5) is 0 Å². The zero-order valence-corrected chi connectivity index (χ0v) is 11.7. The predicted octanol–water partition coefficient (Wildman–Crippen LogP) is 2.24. The highest BCUT2D eigenvalue weighted by atomic mass is 16.5. The molecule has 0 fully saturated rings. The molecule has 0 spiro atoms. The van der Waals surface area contributed by atoms with Crippen LogP contribution in [0.3, 0.4) is 0 Å². The van der Waals surface area contributed by atoms with Crippen molar-refractivity contribution in [1.29, 1.82) is 0 Å². The van der Waals surface area contributed by atoms with E-state index in [0.717, 1.165) is 11.3 Å². The molecule has 3 rings (SSSR count). The lowest BCUT2D eigenvalue weighted by Crippen LogP contribution is -2.49. The van der Waals surface area contributed by atoms with E-state index in [-0.39, 0.29) is 18.8 Å². The Balaban J connectivity index is 1.86. The van der Waals surface area contributed by atoms with Crippen molar-refractivity contribution < 1.29 is 19.4 Å². The van der Waals surface area contributed by atoms with E-state index in [0.29, 0.717) is 11.3 Å². The zero-order chi connectivity index (χ0) is 14.9. The topological polar surface area (TPSA) is 55.8 Å². The fourth-order valence-electron chi connectivity index (χ4n) is 2.51.